The molecular formula is C102H124N2O26. The van der Waals surface area contributed by atoms with Crippen molar-refractivity contribution in [2.75, 3.05) is 134 Å². The van der Waals surface area contributed by atoms with E-state index in [1.54, 1.807) is 101 Å². The molecule has 8 rings (SSSR count). The summed E-state index contributed by atoms with van der Waals surface area (Å²) in [6.45, 7) is 3.97. The molecule has 0 spiro atoms. The minimum Gasteiger partial charge on any atom is -0.493 e. The lowest BCUT2D eigenvalue weighted by Gasteiger charge is -2.16. The van der Waals surface area contributed by atoms with Crippen molar-refractivity contribution in [1.82, 2.24) is 0 Å². The molecule has 0 unspecified atom stereocenters. The van der Waals surface area contributed by atoms with Crippen LogP contribution in [0.1, 0.15) is 183 Å². The standard InChI is InChI=1S/C102H124N2O26/c1-111-93-59-73(33-41-97(105)115-5)29-37-89(93)123-49-23-13-9-19-45-119-83-55-77(56-84(68-83)120-46-20-10-14-24-50-124-90-38-30-74(60-94(90)112-2)34-42-98(106)116-6)71-129-87-65-80(102(110)128-54-28-18-17-27-53-127-101(109)79-63-81(103)67-82(104)64-79)66-88(70-87)130-72-78-57-85(121-47-21-11-15-25-51-125-91-39-31-75(61-95(91)113-3)35-43-99(107)117-7)69-86(58-78)122-48-22-12-16-26-52-126-92-40-32-76(62-96(92)114-4)36-44-100(108)118-8/h29-44,55-70H,9-28,45-54,71-72,103-104H2,1-8H3. The van der Waals surface area contributed by atoms with Crippen molar-refractivity contribution in [3.8, 4) is 80.5 Å². The summed E-state index contributed by atoms with van der Waals surface area (Å²) in [6.07, 6.45) is 27.7. The predicted octanol–water partition coefficient (Wildman–Crippen LogP) is 19.4. The lowest BCUT2D eigenvalue weighted by Crippen LogP contribution is -2.09. The molecule has 698 valence electrons. The first-order valence-electron chi connectivity index (χ1n) is 43.8. The van der Waals surface area contributed by atoms with E-state index in [1.807, 2.05) is 84.9 Å². The van der Waals surface area contributed by atoms with Crippen molar-refractivity contribution < 1.29 is 124 Å². The fraction of sp³-hybridized carbons (Fsp3) is 0.392. The Morgan fingerprint density at radius 1 is 0.238 bits per heavy atom. The molecule has 0 aliphatic carbocycles. The number of benzene rings is 8. The van der Waals surface area contributed by atoms with Crippen molar-refractivity contribution in [3.05, 3.63) is 214 Å². The molecule has 0 aliphatic rings. The molecule has 8 aromatic carbocycles. The van der Waals surface area contributed by atoms with Crippen LogP contribution in [0.5, 0.6) is 80.5 Å². The summed E-state index contributed by atoms with van der Waals surface area (Å²) < 4.78 is 116. The number of nitrogen functional groups attached to an aromatic ring is 2. The Hall–Kier alpha value is -13.7. The molecule has 130 heavy (non-hydrogen) atoms. The number of rotatable bonds is 63. The molecule has 28 nitrogen and oxygen atoms in total. The van der Waals surface area contributed by atoms with Gasteiger partial charge in [-0.2, -0.15) is 0 Å². The number of carbonyl (C=O) groups is 6. The number of unbranched alkanes of at least 4 members (excludes halogenated alkanes) is 15. The van der Waals surface area contributed by atoms with Gasteiger partial charge in [0.25, 0.3) is 0 Å². The number of nitrogens with two attached hydrogens (primary N) is 2. The Morgan fingerprint density at radius 2 is 0.469 bits per heavy atom. The summed E-state index contributed by atoms with van der Waals surface area (Å²) in [5, 5.41) is 0. The molecule has 0 aromatic heterocycles. The van der Waals surface area contributed by atoms with Gasteiger partial charge in [-0.15, -0.1) is 0 Å². The lowest BCUT2D eigenvalue weighted by atomic mass is 10.1. The third kappa shape index (κ3) is 38.5. The normalized spacial score (nSPS) is 11.1. The Balaban J connectivity index is 0.944. The van der Waals surface area contributed by atoms with Crippen LogP contribution in [0.2, 0.25) is 0 Å². The Kier molecular flexibility index (Phi) is 45.9. The molecule has 0 amide bonds. The van der Waals surface area contributed by atoms with Crippen molar-refractivity contribution >= 4 is 71.5 Å². The predicted molar refractivity (Wildman–Crippen MR) is 496 cm³/mol. The van der Waals surface area contributed by atoms with Crippen LogP contribution < -0.4 is 77.8 Å². The summed E-state index contributed by atoms with van der Waals surface area (Å²) in [5.41, 5.74) is 17.5. The van der Waals surface area contributed by atoms with E-state index in [9.17, 15) is 28.8 Å². The van der Waals surface area contributed by atoms with Crippen LogP contribution in [-0.2, 0) is 60.8 Å². The molecule has 0 bridgehead atoms. The summed E-state index contributed by atoms with van der Waals surface area (Å²) in [7, 11) is 11.6. The number of methoxy groups -OCH3 is 8. The monoisotopic (exact) mass is 1790 g/mol. The van der Waals surface area contributed by atoms with Crippen LogP contribution in [0.15, 0.2) is 170 Å². The number of anilines is 2. The summed E-state index contributed by atoms with van der Waals surface area (Å²) in [4.78, 5) is 73.7. The highest BCUT2D eigenvalue weighted by atomic mass is 16.6. The van der Waals surface area contributed by atoms with Crippen LogP contribution in [-0.4, -0.2) is 159 Å². The van der Waals surface area contributed by atoms with E-state index in [1.165, 1.54) is 64.9 Å². The highest BCUT2D eigenvalue weighted by Crippen LogP contribution is 2.36. The first-order valence-corrected chi connectivity index (χ1v) is 43.8. The molecule has 0 fully saturated rings. The fourth-order valence-corrected chi connectivity index (χ4v) is 13.1. The van der Waals surface area contributed by atoms with Crippen LogP contribution in [0.3, 0.4) is 0 Å². The van der Waals surface area contributed by atoms with Gasteiger partial charge in [0.1, 0.15) is 47.7 Å². The van der Waals surface area contributed by atoms with E-state index in [-0.39, 0.29) is 37.6 Å². The van der Waals surface area contributed by atoms with E-state index >= 15 is 0 Å². The van der Waals surface area contributed by atoms with Gasteiger partial charge in [0, 0.05) is 53.9 Å². The molecule has 8 aromatic rings. The van der Waals surface area contributed by atoms with Crippen molar-refractivity contribution in [2.24, 2.45) is 0 Å². The van der Waals surface area contributed by atoms with Gasteiger partial charge in [0.05, 0.1) is 134 Å². The zero-order valence-corrected chi connectivity index (χ0v) is 75.9. The van der Waals surface area contributed by atoms with E-state index in [0.29, 0.717) is 170 Å². The summed E-state index contributed by atoms with van der Waals surface area (Å²) in [6, 6.07) is 42.8. The molecule has 0 heterocycles. The van der Waals surface area contributed by atoms with Crippen LogP contribution in [0.25, 0.3) is 24.3 Å². The van der Waals surface area contributed by atoms with Crippen molar-refractivity contribution in [1.29, 1.82) is 0 Å². The van der Waals surface area contributed by atoms with Gasteiger partial charge >= 0.3 is 35.8 Å². The maximum absolute atomic E-state index is 14.2. The minimum absolute atomic E-state index is 0.0403. The molecule has 0 saturated carbocycles. The van der Waals surface area contributed by atoms with Crippen LogP contribution in [0, 0.1) is 0 Å². The highest BCUT2D eigenvalue weighted by Gasteiger charge is 2.18. The number of hydrogen-bond acceptors (Lipinski definition) is 28. The number of esters is 6. The number of hydrogen-bond donors (Lipinski definition) is 2. The Bertz CT molecular complexity index is 4480. The summed E-state index contributed by atoms with van der Waals surface area (Å²) >= 11 is 0. The lowest BCUT2D eigenvalue weighted by molar-refractivity contribution is -0.135. The molecule has 0 atom stereocenters. The van der Waals surface area contributed by atoms with E-state index in [2.05, 4.69) is 0 Å². The Morgan fingerprint density at radius 3 is 0.715 bits per heavy atom. The van der Waals surface area contributed by atoms with Gasteiger partial charge in [0.2, 0.25) is 0 Å². The van der Waals surface area contributed by atoms with Crippen molar-refractivity contribution in [3.63, 3.8) is 0 Å². The number of carbonyl (C=O) groups excluding carboxylic acids is 6. The average Bonchev–Trinajstić information content (AvgIpc) is 0.832. The first-order chi connectivity index (χ1) is 63.4. The Labute approximate surface area is 762 Å². The zero-order chi connectivity index (χ0) is 92.7. The van der Waals surface area contributed by atoms with Crippen molar-refractivity contribution in [2.45, 2.75) is 142 Å². The van der Waals surface area contributed by atoms with Gasteiger partial charge in [-0.1, -0.05) is 24.3 Å². The maximum Gasteiger partial charge on any atom is 0.338 e. The quantitative estimate of drug-likeness (QED) is 0.0118. The largest absolute Gasteiger partial charge is 0.493 e. The van der Waals surface area contributed by atoms with E-state index in [0.717, 1.165) is 136 Å². The third-order valence-electron chi connectivity index (χ3n) is 20.0. The molecule has 4 N–H and O–H groups in total. The molecular weight excluding hydrogens is 1670 g/mol. The van der Waals surface area contributed by atoms with Gasteiger partial charge in [-0.3, -0.25) is 0 Å². The maximum atomic E-state index is 14.2. The minimum atomic E-state index is -0.588. The van der Waals surface area contributed by atoms with Gasteiger partial charge in [-0.25, -0.2) is 28.8 Å². The van der Waals surface area contributed by atoms with Crippen LogP contribution in [0.4, 0.5) is 11.4 Å². The summed E-state index contributed by atoms with van der Waals surface area (Å²) in [5.74, 6) is 4.65. The molecule has 0 saturated heterocycles. The zero-order valence-electron chi connectivity index (χ0n) is 75.9. The van der Waals surface area contributed by atoms with E-state index in [4.69, 9.17) is 106 Å². The first kappa shape index (κ1) is 102. The average molecular weight is 1790 g/mol. The second kappa shape index (κ2) is 58.7. The van der Waals surface area contributed by atoms with Gasteiger partial charge in [-0.05, 0) is 289 Å². The molecule has 0 radical (unpaired) electrons. The van der Waals surface area contributed by atoms with Gasteiger partial charge in [0.15, 0.2) is 46.0 Å². The smallest absolute Gasteiger partial charge is 0.338 e. The number of ether oxygens (including phenoxy) is 20. The highest BCUT2D eigenvalue weighted by molar-refractivity contribution is 5.92. The van der Waals surface area contributed by atoms with E-state index < -0.39 is 35.8 Å². The SMILES string of the molecule is COC(=O)C=Cc1ccc(OCCCCCCOc2cc(COc3cc(OCc4cc(OCCCCCCOc5ccc(C=CC(=O)OC)cc5OC)cc(OCCCCCCOc5ccc(C=CC(=O)OC)cc5OC)c4)cc(C(=O)OCCCCCCOC(=O)c4cc(N)cc(N)c4)c3)cc(OCCCCCCOc3ccc(C=CC(=O)OC)cc3OC)c2)c(OC)c1. The fourth-order valence-electron chi connectivity index (χ4n) is 13.1. The van der Waals surface area contributed by atoms with Crippen LogP contribution >= 0.6 is 0 Å². The molecule has 28 heteroatoms. The third-order valence-corrected chi connectivity index (χ3v) is 20.0. The second-order valence-electron chi connectivity index (χ2n) is 30.0. The van der Waals surface area contributed by atoms with Gasteiger partial charge < -0.3 is 106 Å². The molecule has 0 aliphatic heterocycles. The topological polar surface area (TPSA) is 339 Å². The second-order valence-corrected chi connectivity index (χ2v) is 30.0.